The molecule has 0 unspecified atom stereocenters. The van der Waals surface area contributed by atoms with Gasteiger partial charge >= 0.3 is 0 Å². The summed E-state index contributed by atoms with van der Waals surface area (Å²) in [5.41, 5.74) is 18.5. The van der Waals surface area contributed by atoms with Crippen molar-refractivity contribution in [1.82, 2.24) is 55.4 Å². The summed E-state index contributed by atoms with van der Waals surface area (Å²) in [5.74, 6) is 2.34. The number of benzene rings is 4. The van der Waals surface area contributed by atoms with E-state index >= 15 is 0 Å². The number of carbonyl (C=O) groups excluding carboxylic acids is 4. The fourth-order valence-corrected chi connectivity index (χ4v) is 9.68. The largest absolute Gasteiger partial charge is 0.399 e. The normalized spacial score (nSPS) is 14.9. The summed E-state index contributed by atoms with van der Waals surface area (Å²) < 4.78 is 5.01. The van der Waals surface area contributed by atoms with Crippen molar-refractivity contribution in [2.45, 2.75) is 63.9 Å². The van der Waals surface area contributed by atoms with Gasteiger partial charge in [0.1, 0.15) is 34.5 Å². The van der Waals surface area contributed by atoms with E-state index in [0.29, 0.717) is 49.8 Å². The Morgan fingerprint density at radius 3 is 1.42 bits per heavy atom. The van der Waals surface area contributed by atoms with E-state index in [1.807, 2.05) is 148 Å². The molecule has 14 rings (SSSR count). The first-order valence-corrected chi connectivity index (χ1v) is 26.7. The molecule has 21 heteroatoms. The second-order valence-corrected chi connectivity index (χ2v) is 21.2. The third-order valence-electron chi connectivity index (χ3n) is 14.0. The molecule has 4 aromatic heterocycles. The van der Waals surface area contributed by atoms with E-state index in [2.05, 4.69) is 72.5 Å². The van der Waals surface area contributed by atoms with Gasteiger partial charge in [-0.05, 0) is 161 Å². The first kappa shape index (κ1) is 53.4. The third kappa shape index (κ3) is 12.1. The number of rotatable bonds is 8. The van der Waals surface area contributed by atoms with Crippen LogP contribution in [-0.2, 0) is 26.2 Å². The summed E-state index contributed by atoms with van der Waals surface area (Å²) in [5, 5.41) is 24.7. The minimum absolute atomic E-state index is 0.000000000000000222. The molecule has 4 amide bonds. The molecule has 0 spiro atoms. The minimum atomic E-state index is -0.0105. The lowest BCUT2D eigenvalue weighted by molar-refractivity contribution is 0.0957. The second kappa shape index (κ2) is 22.9. The zero-order valence-corrected chi connectivity index (χ0v) is 46.4. The maximum atomic E-state index is 12.9. The molecule has 4 aliphatic heterocycles. The van der Waals surface area contributed by atoms with Crippen molar-refractivity contribution >= 4 is 68.1 Å². The van der Waals surface area contributed by atoms with E-state index in [-0.39, 0.29) is 23.6 Å². The molecule has 79 heavy (non-hydrogen) atoms. The predicted octanol–water partition coefficient (Wildman–Crippen LogP) is 7.84. The van der Waals surface area contributed by atoms with Crippen molar-refractivity contribution in [1.29, 1.82) is 0 Å². The Kier molecular flexibility index (Phi) is 15.5. The molecule has 20 nitrogen and oxygen atoms in total. The molecule has 4 aromatic carbocycles. The van der Waals surface area contributed by atoms with Gasteiger partial charge in [0.05, 0.1) is 6.54 Å². The molecular formula is C58H61BrN16O4. The molecule has 404 valence electrons. The summed E-state index contributed by atoms with van der Waals surface area (Å²) in [4.78, 5) is 63.3. The van der Waals surface area contributed by atoms with Crippen LogP contribution >= 0.6 is 15.9 Å². The van der Waals surface area contributed by atoms with Crippen molar-refractivity contribution in [3.63, 3.8) is 0 Å². The molecule has 2 fully saturated rings. The van der Waals surface area contributed by atoms with E-state index < -0.39 is 0 Å². The van der Waals surface area contributed by atoms with Gasteiger partial charge in [0.25, 0.3) is 23.6 Å². The van der Waals surface area contributed by atoms with Gasteiger partial charge in [-0.1, -0.05) is 12.1 Å². The molecular weight excluding hydrogens is 1060 g/mol. The molecule has 0 saturated heterocycles. The van der Waals surface area contributed by atoms with Crippen LogP contribution in [0.5, 0.6) is 0 Å². The van der Waals surface area contributed by atoms with Gasteiger partial charge in [-0.25, -0.2) is 9.97 Å². The molecule has 0 atom stereocenters. The van der Waals surface area contributed by atoms with E-state index in [1.165, 1.54) is 12.8 Å². The highest BCUT2D eigenvalue weighted by atomic mass is 79.9. The first-order valence-electron chi connectivity index (χ1n) is 25.9. The molecule has 0 radical (unpaired) electrons. The smallest absolute Gasteiger partial charge is 0.260 e. The van der Waals surface area contributed by atoms with Crippen LogP contribution in [0.1, 0.15) is 101 Å². The Hall–Kier alpha value is -8.98. The topological polar surface area (TPSA) is 231 Å². The van der Waals surface area contributed by atoms with E-state index in [9.17, 15) is 19.2 Å². The van der Waals surface area contributed by atoms with Crippen LogP contribution in [0.2, 0.25) is 0 Å². The van der Waals surface area contributed by atoms with Gasteiger partial charge < -0.3 is 45.5 Å². The fraction of sp³-hybridized carbons (Fsp3) is 0.276. The summed E-state index contributed by atoms with van der Waals surface area (Å²) >= 11 is 3.36. The lowest BCUT2D eigenvalue weighted by Gasteiger charge is -2.15. The molecule has 8 heterocycles. The summed E-state index contributed by atoms with van der Waals surface area (Å²) in [6.07, 6.45) is 8.30. The van der Waals surface area contributed by atoms with Crippen molar-refractivity contribution in [3.05, 3.63) is 171 Å². The van der Waals surface area contributed by atoms with Crippen LogP contribution in [0.15, 0.2) is 126 Å². The molecule has 0 bridgehead atoms. The lowest BCUT2D eigenvalue weighted by atomic mass is 10.1. The van der Waals surface area contributed by atoms with Gasteiger partial charge in [-0.3, -0.25) is 24.1 Å². The Labute approximate surface area is 466 Å². The lowest BCUT2D eigenvalue weighted by Crippen LogP contribution is -2.24. The Morgan fingerprint density at radius 2 is 0.949 bits per heavy atom. The van der Waals surface area contributed by atoms with Crippen molar-refractivity contribution in [2.24, 2.45) is 0 Å². The number of hydrogen-bond acceptors (Lipinski definition) is 14. The van der Waals surface area contributed by atoms with Crippen molar-refractivity contribution in [3.8, 4) is 23.0 Å². The monoisotopic (exact) mass is 1120 g/mol. The van der Waals surface area contributed by atoms with Crippen LogP contribution in [0.3, 0.4) is 0 Å². The number of nitrogen functional groups attached to an aromatic ring is 1. The number of anilines is 5. The third-order valence-corrected chi connectivity index (χ3v) is 14.5. The minimum Gasteiger partial charge on any atom is -0.399 e. The van der Waals surface area contributed by atoms with E-state index in [0.717, 1.165) is 102 Å². The van der Waals surface area contributed by atoms with E-state index in [4.69, 9.17) is 10.7 Å². The Balaban J connectivity index is 0.000000117. The van der Waals surface area contributed by atoms with Gasteiger partial charge in [0, 0.05) is 119 Å². The Bertz CT molecular complexity index is 3530. The number of halogens is 1. The van der Waals surface area contributed by atoms with Crippen LogP contribution in [0, 0.1) is 0 Å². The second-order valence-electron chi connectivity index (χ2n) is 20.4. The van der Waals surface area contributed by atoms with Crippen molar-refractivity contribution < 1.29 is 19.2 Å². The average Bonchev–Trinajstić information content (AvgIpc) is 4.25. The number of nitrogens with one attached hydrogen (secondary N) is 3. The van der Waals surface area contributed by atoms with Crippen LogP contribution in [-0.4, -0.2) is 105 Å². The van der Waals surface area contributed by atoms with Crippen LogP contribution in [0.25, 0.3) is 23.0 Å². The number of nitrogens with two attached hydrogens (primary N) is 1. The number of nitrogens with zero attached hydrogens (tertiary/aromatic N) is 12. The SMILES string of the molecule is Brc1cccc(-c2nncn2C2CC2)n1.CN(C)c1ccc2c(c1)CN(c1cccc(-c3nncn3C3CC3)n1)C2=O.CN(C)c1ccc2c(c1)CNC2=O.CN(C)c1ccc2c(c1)CNC2=O.Nc1ccc2c(c1)CNC2=O. The predicted molar refractivity (Wildman–Crippen MR) is 308 cm³/mol. The standard InChI is InChI=1S/C20H20N6O.C10H9BrN4.2C10H12N2O.C8H8N2O/c1-24(2)15-8-9-16-13(10-15)11-25(20(16)27)18-5-3-4-17(22-18)19-23-21-12-26(19)14-6-7-14;11-9-3-1-2-8(13-9)10-14-12-6-15(10)7-4-5-7;2*1-12(2)8-3-4-9-7(5-8)6-11-10(9)13;9-6-1-2-7-5(3-6)4-10-8(7)11/h3-5,8-10,12,14H,6-7,11H2,1-2H3;1-3,6-7H,4-5H2;2*3-5H,6H2,1-2H3,(H,11,13);1-3H,4,9H2,(H,10,11). The highest BCUT2D eigenvalue weighted by Crippen LogP contribution is 2.39. The molecule has 2 aliphatic carbocycles. The Morgan fingerprint density at radius 1 is 0.519 bits per heavy atom. The number of aromatic nitrogens is 8. The first-order chi connectivity index (χ1) is 38.1. The molecule has 5 N–H and O–H groups in total. The number of fused-ring (bicyclic) bond motifs is 4. The number of pyridine rings is 2. The quantitative estimate of drug-likeness (QED) is 0.0839. The summed E-state index contributed by atoms with van der Waals surface area (Å²) in [7, 11) is 12.0. The maximum absolute atomic E-state index is 12.9. The van der Waals surface area contributed by atoms with Crippen LogP contribution < -0.4 is 41.3 Å². The molecule has 8 aromatic rings. The van der Waals surface area contributed by atoms with Gasteiger partial charge in [0.15, 0.2) is 11.6 Å². The zero-order valence-electron chi connectivity index (χ0n) is 44.8. The van der Waals surface area contributed by atoms with Crippen LogP contribution in [0.4, 0.5) is 28.6 Å². The van der Waals surface area contributed by atoms with Gasteiger partial charge in [0.2, 0.25) is 0 Å². The summed E-state index contributed by atoms with van der Waals surface area (Å²) in [6, 6.07) is 35.6. The van der Waals surface area contributed by atoms with Gasteiger partial charge in [-0.2, -0.15) is 0 Å². The molecule has 6 aliphatic rings. The zero-order chi connectivity index (χ0) is 55.5. The van der Waals surface area contributed by atoms with E-state index in [1.54, 1.807) is 29.7 Å². The number of hydrogen-bond donors (Lipinski definition) is 4. The van der Waals surface area contributed by atoms with Gasteiger partial charge in [-0.15, -0.1) is 20.4 Å². The fourth-order valence-electron chi connectivity index (χ4n) is 9.34. The maximum Gasteiger partial charge on any atom is 0.260 e. The highest BCUT2D eigenvalue weighted by Gasteiger charge is 2.32. The average molecular weight is 1130 g/mol. The van der Waals surface area contributed by atoms with Crippen molar-refractivity contribution in [2.75, 3.05) is 67.6 Å². The summed E-state index contributed by atoms with van der Waals surface area (Å²) in [6.45, 7) is 2.46. The molecule has 2 saturated carbocycles. The highest BCUT2D eigenvalue weighted by molar-refractivity contribution is 9.10. The number of amides is 4. The number of carbonyl (C=O) groups is 4.